The minimum absolute atomic E-state index is 0.324. The van der Waals surface area contributed by atoms with Crippen LogP contribution in [0.25, 0.3) is 0 Å². The fourth-order valence-electron chi connectivity index (χ4n) is 1.76. The van der Waals surface area contributed by atoms with Gasteiger partial charge in [-0.3, -0.25) is 4.79 Å². The third kappa shape index (κ3) is 4.62. The third-order valence-corrected chi connectivity index (χ3v) is 2.85. The van der Waals surface area contributed by atoms with Gasteiger partial charge in [0, 0.05) is 32.6 Å². The highest BCUT2D eigenvalue weighted by atomic mass is 16.2. The number of carbonyl (C=O) groups excluding carboxylic acids is 1. The highest BCUT2D eigenvalue weighted by Gasteiger charge is 2.18. The summed E-state index contributed by atoms with van der Waals surface area (Å²) in [5.41, 5.74) is 0. The fourth-order valence-corrected chi connectivity index (χ4v) is 1.76. The zero-order valence-electron chi connectivity index (χ0n) is 10.2. The van der Waals surface area contributed by atoms with Crippen molar-refractivity contribution in [3.63, 3.8) is 0 Å². The van der Waals surface area contributed by atoms with Crippen molar-refractivity contribution in [2.75, 3.05) is 53.9 Å². The van der Waals surface area contributed by atoms with E-state index in [9.17, 15) is 4.79 Å². The molecule has 1 aliphatic rings. The van der Waals surface area contributed by atoms with Crippen molar-refractivity contribution in [2.45, 2.75) is 12.8 Å². The maximum Gasteiger partial charge on any atom is 0.222 e. The predicted octanol–water partition coefficient (Wildman–Crippen LogP) is 0.102. The van der Waals surface area contributed by atoms with Crippen LogP contribution in [0.15, 0.2) is 0 Å². The molecule has 1 amide bonds. The van der Waals surface area contributed by atoms with Crippen LogP contribution >= 0.6 is 0 Å². The van der Waals surface area contributed by atoms with Crippen LogP contribution in [0.4, 0.5) is 0 Å². The molecule has 0 atom stereocenters. The van der Waals surface area contributed by atoms with Crippen molar-refractivity contribution in [1.29, 1.82) is 0 Å². The van der Waals surface area contributed by atoms with E-state index in [1.807, 2.05) is 19.0 Å². The number of hydrogen-bond acceptors (Lipinski definition) is 3. The fraction of sp³-hybridized carbons (Fsp3) is 0.909. The molecule has 1 rings (SSSR count). The first-order valence-corrected chi connectivity index (χ1v) is 5.70. The molecule has 0 unspecified atom stereocenters. The molecule has 15 heavy (non-hydrogen) atoms. The molecule has 1 aliphatic heterocycles. The standard InChI is InChI=1S/C11H23N3O/c1-12(2)6-4-5-11(15)14-9-7-13(3)8-10-14/h4-10H2,1-3H3. The summed E-state index contributed by atoms with van der Waals surface area (Å²) in [5, 5.41) is 0. The molecule has 0 saturated carbocycles. The largest absolute Gasteiger partial charge is 0.340 e. The third-order valence-electron chi connectivity index (χ3n) is 2.85. The Balaban J connectivity index is 2.17. The van der Waals surface area contributed by atoms with E-state index < -0.39 is 0 Å². The molecule has 0 aromatic heterocycles. The molecular formula is C11H23N3O. The summed E-state index contributed by atoms with van der Waals surface area (Å²) in [7, 11) is 6.19. The second kappa shape index (κ2) is 6.08. The Bertz CT molecular complexity index is 198. The van der Waals surface area contributed by atoms with Gasteiger partial charge in [-0.25, -0.2) is 0 Å². The second-order valence-electron chi connectivity index (χ2n) is 4.59. The first kappa shape index (κ1) is 12.5. The lowest BCUT2D eigenvalue weighted by molar-refractivity contribution is -0.132. The van der Waals surface area contributed by atoms with E-state index >= 15 is 0 Å². The van der Waals surface area contributed by atoms with E-state index in [0.29, 0.717) is 12.3 Å². The van der Waals surface area contributed by atoms with Gasteiger partial charge in [0.1, 0.15) is 0 Å². The summed E-state index contributed by atoms with van der Waals surface area (Å²) < 4.78 is 0. The Kier molecular flexibility index (Phi) is 5.05. The zero-order valence-corrected chi connectivity index (χ0v) is 10.2. The molecule has 0 aromatic rings. The van der Waals surface area contributed by atoms with Crippen LogP contribution in [0.2, 0.25) is 0 Å². The van der Waals surface area contributed by atoms with Gasteiger partial charge in [0.25, 0.3) is 0 Å². The SMILES string of the molecule is CN(C)CCCC(=O)N1CCN(C)CC1. The monoisotopic (exact) mass is 213 g/mol. The average Bonchev–Trinajstić information content (AvgIpc) is 2.18. The van der Waals surface area contributed by atoms with Crippen LogP contribution in [0, 0.1) is 0 Å². The van der Waals surface area contributed by atoms with Crippen LogP contribution in [0.3, 0.4) is 0 Å². The molecule has 4 nitrogen and oxygen atoms in total. The molecule has 4 heteroatoms. The molecule has 0 radical (unpaired) electrons. The Morgan fingerprint density at radius 2 is 1.80 bits per heavy atom. The number of rotatable bonds is 4. The quantitative estimate of drug-likeness (QED) is 0.663. The Morgan fingerprint density at radius 1 is 1.20 bits per heavy atom. The Hall–Kier alpha value is -0.610. The molecule has 0 bridgehead atoms. The highest BCUT2D eigenvalue weighted by Crippen LogP contribution is 2.03. The van der Waals surface area contributed by atoms with Gasteiger partial charge in [0.2, 0.25) is 5.91 Å². The lowest BCUT2D eigenvalue weighted by atomic mass is 10.2. The van der Waals surface area contributed by atoms with E-state index in [1.54, 1.807) is 0 Å². The van der Waals surface area contributed by atoms with Gasteiger partial charge >= 0.3 is 0 Å². The van der Waals surface area contributed by atoms with Crippen molar-refractivity contribution < 1.29 is 4.79 Å². The maximum atomic E-state index is 11.8. The second-order valence-corrected chi connectivity index (χ2v) is 4.59. The van der Waals surface area contributed by atoms with Gasteiger partial charge in [-0.05, 0) is 34.1 Å². The summed E-state index contributed by atoms with van der Waals surface area (Å²) in [5.74, 6) is 0.324. The molecule has 0 spiro atoms. The number of likely N-dealkylation sites (N-methyl/N-ethyl adjacent to an activating group) is 1. The number of carbonyl (C=O) groups is 1. The van der Waals surface area contributed by atoms with Gasteiger partial charge in [-0.15, -0.1) is 0 Å². The van der Waals surface area contributed by atoms with E-state index in [2.05, 4.69) is 16.8 Å². The molecule has 1 heterocycles. The molecule has 0 aliphatic carbocycles. The van der Waals surface area contributed by atoms with Crippen LogP contribution in [0.1, 0.15) is 12.8 Å². The number of nitrogens with zero attached hydrogens (tertiary/aromatic N) is 3. The van der Waals surface area contributed by atoms with Gasteiger partial charge in [-0.2, -0.15) is 0 Å². The highest BCUT2D eigenvalue weighted by molar-refractivity contribution is 5.76. The first-order chi connectivity index (χ1) is 7.09. The van der Waals surface area contributed by atoms with Crippen molar-refractivity contribution >= 4 is 5.91 Å². The normalized spacial score (nSPS) is 18.5. The molecule has 1 saturated heterocycles. The van der Waals surface area contributed by atoms with E-state index in [-0.39, 0.29) is 0 Å². The summed E-state index contributed by atoms with van der Waals surface area (Å²) in [6.45, 7) is 4.83. The Labute approximate surface area is 92.8 Å². The zero-order chi connectivity index (χ0) is 11.3. The summed E-state index contributed by atoms with van der Waals surface area (Å²) in [6.07, 6.45) is 1.67. The van der Waals surface area contributed by atoms with Crippen molar-refractivity contribution in [1.82, 2.24) is 14.7 Å². The molecule has 0 N–H and O–H groups in total. The lowest BCUT2D eigenvalue weighted by Crippen LogP contribution is -2.47. The van der Waals surface area contributed by atoms with Gasteiger partial charge in [0.05, 0.1) is 0 Å². The van der Waals surface area contributed by atoms with Crippen molar-refractivity contribution in [2.24, 2.45) is 0 Å². The summed E-state index contributed by atoms with van der Waals surface area (Å²) in [4.78, 5) is 18.2. The minimum atomic E-state index is 0.324. The van der Waals surface area contributed by atoms with Gasteiger partial charge in [-0.1, -0.05) is 0 Å². The van der Waals surface area contributed by atoms with Crippen LogP contribution < -0.4 is 0 Å². The smallest absolute Gasteiger partial charge is 0.222 e. The lowest BCUT2D eigenvalue weighted by Gasteiger charge is -2.32. The first-order valence-electron chi connectivity index (χ1n) is 5.70. The Morgan fingerprint density at radius 3 is 2.33 bits per heavy atom. The number of hydrogen-bond donors (Lipinski definition) is 0. The van der Waals surface area contributed by atoms with E-state index in [4.69, 9.17) is 0 Å². The molecular weight excluding hydrogens is 190 g/mol. The number of amides is 1. The van der Waals surface area contributed by atoms with Crippen LogP contribution in [0.5, 0.6) is 0 Å². The summed E-state index contributed by atoms with van der Waals surface area (Å²) >= 11 is 0. The van der Waals surface area contributed by atoms with E-state index in [0.717, 1.165) is 39.1 Å². The van der Waals surface area contributed by atoms with Gasteiger partial charge in [0.15, 0.2) is 0 Å². The maximum absolute atomic E-state index is 11.8. The van der Waals surface area contributed by atoms with E-state index in [1.165, 1.54) is 0 Å². The molecule has 88 valence electrons. The topological polar surface area (TPSA) is 26.8 Å². The predicted molar refractivity (Wildman–Crippen MR) is 61.9 cm³/mol. The molecule has 0 aromatic carbocycles. The minimum Gasteiger partial charge on any atom is -0.340 e. The number of piperazine rings is 1. The molecule has 1 fully saturated rings. The van der Waals surface area contributed by atoms with Crippen molar-refractivity contribution in [3.8, 4) is 0 Å². The average molecular weight is 213 g/mol. The van der Waals surface area contributed by atoms with Crippen molar-refractivity contribution in [3.05, 3.63) is 0 Å². The summed E-state index contributed by atoms with van der Waals surface area (Å²) in [6, 6.07) is 0. The van der Waals surface area contributed by atoms with Gasteiger partial charge < -0.3 is 14.7 Å². The van der Waals surface area contributed by atoms with Crippen LogP contribution in [-0.2, 0) is 4.79 Å². The van der Waals surface area contributed by atoms with Crippen LogP contribution in [-0.4, -0.2) is 74.5 Å².